The van der Waals surface area contributed by atoms with Gasteiger partial charge in [-0.3, -0.25) is 0 Å². The quantitative estimate of drug-likeness (QED) is 0.832. The highest BCUT2D eigenvalue weighted by Crippen LogP contribution is 2.25. The fraction of sp³-hybridized carbons (Fsp3) is 0.562. The van der Waals surface area contributed by atoms with E-state index in [2.05, 4.69) is 63.3 Å². The summed E-state index contributed by atoms with van der Waals surface area (Å²) in [5, 5.41) is 12.4. The monoisotopic (exact) mass is 244 g/mol. The molecule has 1 rings (SSSR count). The molecule has 0 spiro atoms. The molecule has 0 bridgehead atoms. The van der Waals surface area contributed by atoms with E-state index in [1.165, 1.54) is 11.1 Å². The van der Waals surface area contributed by atoms with Crippen molar-refractivity contribution in [3.63, 3.8) is 0 Å². The van der Waals surface area contributed by atoms with Gasteiger partial charge in [-0.05, 0) is 24.5 Å². The van der Waals surface area contributed by atoms with Gasteiger partial charge in [0.15, 0.2) is 0 Å². The fourth-order valence-corrected chi connectivity index (χ4v) is 2.27. The molecule has 0 fully saturated rings. The van der Waals surface area contributed by atoms with E-state index in [4.69, 9.17) is 5.26 Å². The summed E-state index contributed by atoms with van der Waals surface area (Å²) in [6, 6.07) is 10.8. The maximum Gasteiger partial charge on any atom is 0.0669 e. The number of nitrogens with one attached hydrogen (secondary N) is 1. The molecule has 0 saturated carbocycles. The van der Waals surface area contributed by atoms with Crippen LogP contribution in [0.15, 0.2) is 24.3 Å². The largest absolute Gasteiger partial charge is 0.315 e. The van der Waals surface area contributed by atoms with Gasteiger partial charge in [0.25, 0.3) is 0 Å². The molecule has 0 heterocycles. The molecular weight excluding hydrogens is 220 g/mol. The van der Waals surface area contributed by atoms with E-state index in [0.29, 0.717) is 0 Å². The van der Waals surface area contributed by atoms with Gasteiger partial charge in [0.05, 0.1) is 12.0 Å². The van der Waals surface area contributed by atoms with Crippen molar-refractivity contribution in [2.45, 2.75) is 39.5 Å². The molecule has 0 saturated heterocycles. The zero-order chi connectivity index (χ0) is 13.6. The zero-order valence-electron chi connectivity index (χ0n) is 12.0. The minimum Gasteiger partial charge on any atom is -0.315 e. The van der Waals surface area contributed by atoms with Crippen LogP contribution in [0.4, 0.5) is 0 Å². The van der Waals surface area contributed by atoms with Gasteiger partial charge in [0, 0.05) is 18.5 Å². The Kier molecular flexibility index (Phi) is 5.37. The smallest absolute Gasteiger partial charge is 0.0669 e. The summed E-state index contributed by atoms with van der Waals surface area (Å²) in [7, 11) is 0. The molecule has 1 N–H and O–H groups in total. The summed E-state index contributed by atoms with van der Waals surface area (Å²) >= 11 is 0. The third-order valence-corrected chi connectivity index (χ3v) is 3.51. The molecule has 18 heavy (non-hydrogen) atoms. The van der Waals surface area contributed by atoms with Crippen LogP contribution in [0.5, 0.6) is 0 Å². The Balaban J connectivity index is 2.61. The topological polar surface area (TPSA) is 35.8 Å². The molecule has 0 aliphatic heterocycles. The lowest BCUT2D eigenvalue weighted by molar-refractivity contribution is 0.443. The maximum atomic E-state index is 8.93. The van der Waals surface area contributed by atoms with Crippen LogP contribution in [0.1, 0.15) is 38.3 Å². The summed E-state index contributed by atoms with van der Waals surface area (Å²) in [4.78, 5) is 0. The van der Waals surface area contributed by atoms with Gasteiger partial charge in [-0.15, -0.1) is 0 Å². The third kappa shape index (κ3) is 3.85. The first-order valence-electron chi connectivity index (χ1n) is 6.67. The van der Waals surface area contributed by atoms with Crippen LogP contribution in [0, 0.1) is 24.2 Å². The van der Waals surface area contributed by atoms with Gasteiger partial charge in [-0.2, -0.15) is 5.26 Å². The van der Waals surface area contributed by atoms with Crippen molar-refractivity contribution in [3.8, 4) is 6.07 Å². The predicted octanol–water partition coefficient (Wildman–Crippen LogP) is 3.41. The highest BCUT2D eigenvalue weighted by molar-refractivity contribution is 5.32. The number of hydrogen-bond donors (Lipinski definition) is 1. The molecule has 1 aromatic carbocycles. The zero-order valence-corrected chi connectivity index (χ0v) is 12.0. The van der Waals surface area contributed by atoms with Crippen LogP contribution in [0.3, 0.4) is 0 Å². The number of benzene rings is 1. The fourth-order valence-electron chi connectivity index (χ4n) is 2.27. The van der Waals surface area contributed by atoms with Gasteiger partial charge in [-0.1, -0.05) is 45.0 Å². The standard InChI is InChI=1S/C16H24N2/c1-5-14(10-17)11-18-12-16(3,4)15-9-7-6-8-13(15)2/h6-9,14,18H,5,11-12H2,1-4H3. The highest BCUT2D eigenvalue weighted by atomic mass is 14.9. The molecule has 1 atom stereocenters. The van der Waals surface area contributed by atoms with Gasteiger partial charge >= 0.3 is 0 Å². The van der Waals surface area contributed by atoms with Gasteiger partial charge in [0.2, 0.25) is 0 Å². The second-order valence-corrected chi connectivity index (χ2v) is 5.56. The molecular formula is C16H24N2. The predicted molar refractivity (Wildman–Crippen MR) is 76.5 cm³/mol. The van der Waals surface area contributed by atoms with E-state index < -0.39 is 0 Å². The molecule has 98 valence electrons. The number of rotatable bonds is 6. The number of hydrogen-bond acceptors (Lipinski definition) is 2. The Morgan fingerprint density at radius 2 is 2.00 bits per heavy atom. The van der Waals surface area contributed by atoms with Gasteiger partial charge in [0.1, 0.15) is 0 Å². The molecule has 0 aromatic heterocycles. The summed E-state index contributed by atoms with van der Waals surface area (Å²) in [5.41, 5.74) is 2.80. The van der Waals surface area contributed by atoms with E-state index >= 15 is 0 Å². The van der Waals surface area contributed by atoms with Crippen molar-refractivity contribution in [2.75, 3.05) is 13.1 Å². The minimum atomic E-state index is 0.0963. The van der Waals surface area contributed by atoms with Crippen LogP contribution in [0.25, 0.3) is 0 Å². The van der Waals surface area contributed by atoms with Gasteiger partial charge in [-0.25, -0.2) is 0 Å². The van der Waals surface area contributed by atoms with Crippen molar-refractivity contribution in [1.29, 1.82) is 5.26 Å². The molecule has 0 amide bonds. The number of nitrogens with zero attached hydrogens (tertiary/aromatic N) is 1. The lowest BCUT2D eigenvalue weighted by Gasteiger charge is -2.28. The SMILES string of the molecule is CCC(C#N)CNCC(C)(C)c1ccccc1C. The Hall–Kier alpha value is -1.33. The van der Waals surface area contributed by atoms with Crippen LogP contribution in [-0.2, 0) is 5.41 Å². The molecule has 0 aliphatic carbocycles. The van der Waals surface area contributed by atoms with E-state index in [0.717, 1.165) is 19.5 Å². The first-order valence-corrected chi connectivity index (χ1v) is 6.67. The van der Waals surface area contributed by atoms with Crippen molar-refractivity contribution < 1.29 is 0 Å². The first kappa shape index (κ1) is 14.7. The third-order valence-electron chi connectivity index (χ3n) is 3.51. The Bertz CT molecular complexity index is 415. The second kappa shape index (κ2) is 6.56. The second-order valence-electron chi connectivity index (χ2n) is 5.56. The highest BCUT2D eigenvalue weighted by Gasteiger charge is 2.22. The van der Waals surface area contributed by atoms with Crippen molar-refractivity contribution in [3.05, 3.63) is 35.4 Å². The Labute approximate surface area is 111 Å². The summed E-state index contributed by atoms with van der Waals surface area (Å²) < 4.78 is 0. The van der Waals surface area contributed by atoms with Crippen LogP contribution < -0.4 is 5.32 Å². The lowest BCUT2D eigenvalue weighted by Crippen LogP contribution is -2.35. The van der Waals surface area contributed by atoms with Crippen molar-refractivity contribution >= 4 is 0 Å². The van der Waals surface area contributed by atoms with E-state index in [-0.39, 0.29) is 11.3 Å². The normalized spacial score (nSPS) is 13.1. The lowest BCUT2D eigenvalue weighted by atomic mass is 9.82. The van der Waals surface area contributed by atoms with E-state index in [1.54, 1.807) is 0 Å². The summed E-state index contributed by atoms with van der Waals surface area (Å²) in [6.45, 7) is 10.4. The van der Waals surface area contributed by atoms with E-state index in [1.807, 2.05) is 0 Å². The number of nitriles is 1. The Morgan fingerprint density at radius 1 is 1.33 bits per heavy atom. The molecule has 0 radical (unpaired) electrons. The first-order chi connectivity index (χ1) is 8.51. The molecule has 1 aromatic rings. The maximum absolute atomic E-state index is 8.93. The number of aryl methyl sites for hydroxylation is 1. The summed E-state index contributed by atoms with van der Waals surface area (Å²) in [5.74, 6) is 0.123. The van der Waals surface area contributed by atoms with Crippen molar-refractivity contribution in [1.82, 2.24) is 5.32 Å². The average Bonchev–Trinajstić information content (AvgIpc) is 2.35. The summed E-state index contributed by atoms with van der Waals surface area (Å²) in [6.07, 6.45) is 0.911. The molecule has 2 nitrogen and oxygen atoms in total. The molecule has 1 unspecified atom stereocenters. The molecule has 0 aliphatic rings. The van der Waals surface area contributed by atoms with Crippen LogP contribution >= 0.6 is 0 Å². The van der Waals surface area contributed by atoms with Crippen molar-refractivity contribution in [2.24, 2.45) is 5.92 Å². The Morgan fingerprint density at radius 3 is 2.56 bits per heavy atom. The van der Waals surface area contributed by atoms with Crippen LogP contribution in [0.2, 0.25) is 0 Å². The van der Waals surface area contributed by atoms with Crippen LogP contribution in [-0.4, -0.2) is 13.1 Å². The average molecular weight is 244 g/mol. The molecule has 2 heteroatoms. The van der Waals surface area contributed by atoms with E-state index in [9.17, 15) is 0 Å². The minimum absolute atomic E-state index is 0.0963. The van der Waals surface area contributed by atoms with Gasteiger partial charge < -0.3 is 5.32 Å².